The van der Waals surface area contributed by atoms with Gasteiger partial charge in [0.25, 0.3) is 16.0 Å². The van der Waals surface area contributed by atoms with E-state index in [-0.39, 0.29) is 17.2 Å². The largest absolute Gasteiger partial charge is 0.493 e. The molecule has 0 amide bonds. The van der Waals surface area contributed by atoms with E-state index in [4.69, 9.17) is 13.8 Å². The molecule has 1 aromatic carbocycles. The Hall–Kier alpha value is -2.00. The smallest absolute Gasteiger partial charge is 0.294 e. The van der Waals surface area contributed by atoms with Crippen LogP contribution in [0.3, 0.4) is 0 Å². The summed E-state index contributed by atoms with van der Waals surface area (Å²) in [6.07, 6.45) is 1.06. The molecule has 0 unspecified atom stereocenters. The highest BCUT2D eigenvalue weighted by Crippen LogP contribution is 2.33. The van der Waals surface area contributed by atoms with Crippen molar-refractivity contribution in [1.82, 2.24) is 10.1 Å². The maximum atomic E-state index is 13.6. The summed E-state index contributed by atoms with van der Waals surface area (Å²) in [6, 6.07) is 1.61. The molecule has 0 saturated heterocycles. The van der Waals surface area contributed by atoms with Crippen LogP contribution in [0, 0.1) is 5.82 Å². The number of ether oxygens (including phenoxy) is 1. The number of nitrogens with zero attached hydrogens (tertiary/aromatic N) is 2. The molecule has 9 heteroatoms. The lowest BCUT2D eigenvalue weighted by atomic mass is 10.2. The van der Waals surface area contributed by atoms with Gasteiger partial charge in [-0.05, 0) is 12.1 Å². The molecule has 0 aliphatic heterocycles. The Morgan fingerprint density at radius 1 is 1.44 bits per heavy atom. The highest BCUT2D eigenvalue weighted by molar-refractivity contribution is 7.85. The molecule has 2 rings (SSSR count). The molecule has 1 aromatic heterocycles. The predicted octanol–water partition coefficient (Wildman–Crippen LogP) is 1.13. The third kappa shape index (κ3) is 2.17. The summed E-state index contributed by atoms with van der Waals surface area (Å²) in [7, 11) is -3.35. The van der Waals surface area contributed by atoms with Gasteiger partial charge >= 0.3 is 0 Å². The molecule has 0 spiro atoms. The topological polar surface area (TPSA) is 103 Å². The molecular weight excluding hydrogens is 267 g/mol. The van der Waals surface area contributed by atoms with Gasteiger partial charge in [0.05, 0.1) is 17.6 Å². The van der Waals surface area contributed by atoms with Gasteiger partial charge in [-0.15, -0.1) is 0 Å². The van der Waals surface area contributed by atoms with Gasteiger partial charge in [-0.1, -0.05) is 5.16 Å². The van der Waals surface area contributed by atoms with Crippen molar-refractivity contribution in [3.05, 3.63) is 24.3 Å². The monoisotopic (exact) mass is 274 g/mol. The second-order valence-corrected chi connectivity index (χ2v) is 4.63. The molecule has 7 nitrogen and oxygen atoms in total. The minimum atomic E-state index is -4.55. The van der Waals surface area contributed by atoms with Crippen molar-refractivity contribution in [3.63, 3.8) is 0 Å². The van der Waals surface area contributed by atoms with E-state index in [2.05, 4.69) is 10.1 Å². The second-order valence-electron chi connectivity index (χ2n) is 3.21. The molecule has 0 fully saturated rings. The average molecular weight is 274 g/mol. The summed E-state index contributed by atoms with van der Waals surface area (Å²) in [5.41, 5.74) is -0.0670. The van der Waals surface area contributed by atoms with Crippen LogP contribution in [0.25, 0.3) is 11.5 Å². The van der Waals surface area contributed by atoms with Gasteiger partial charge in [0.1, 0.15) is 0 Å². The molecule has 1 N–H and O–H groups in total. The summed E-state index contributed by atoms with van der Waals surface area (Å²) in [4.78, 5) is 3.03. The van der Waals surface area contributed by atoms with Gasteiger partial charge < -0.3 is 9.26 Å². The van der Waals surface area contributed by atoms with E-state index in [1.807, 2.05) is 0 Å². The van der Waals surface area contributed by atoms with Crippen molar-refractivity contribution in [2.45, 2.75) is 4.90 Å². The number of hydrogen-bond acceptors (Lipinski definition) is 6. The van der Waals surface area contributed by atoms with Gasteiger partial charge in [0.15, 0.2) is 17.9 Å². The first-order valence-corrected chi connectivity index (χ1v) is 5.99. The summed E-state index contributed by atoms with van der Waals surface area (Å²) < 4.78 is 54.0. The molecule has 0 saturated carbocycles. The van der Waals surface area contributed by atoms with E-state index < -0.39 is 20.8 Å². The average Bonchev–Trinajstić information content (AvgIpc) is 2.79. The maximum Gasteiger partial charge on any atom is 0.294 e. The quantitative estimate of drug-likeness (QED) is 0.837. The SMILES string of the molecule is COc1c(F)cc(S(=O)(=O)O)cc1-c1ncno1. The standard InChI is InChI=1S/C9H7FN2O5S/c1-16-8-6(9-11-4-12-17-9)2-5(3-7(8)10)18(13,14)15/h2-4H,1H3,(H,13,14,15). The molecule has 18 heavy (non-hydrogen) atoms. The molecule has 0 atom stereocenters. The fourth-order valence-corrected chi connectivity index (χ4v) is 1.89. The lowest BCUT2D eigenvalue weighted by Crippen LogP contribution is -2.01. The Bertz CT molecular complexity index is 669. The first kappa shape index (κ1) is 12.5. The third-order valence-corrected chi connectivity index (χ3v) is 2.94. The number of halogens is 1. The molecule has 0 aliphatic rings. The molecule has 0 radical (unpaired) electrons. The van der Waals surface area contributed by atoms with Crippen molar-refractivity contribution in [3.8, 4) is 17.2 Å². The lowest BCUT2D eigenvalue weighted by Gasteiger charge is -2.07. The van der Waals surface area contributed by atoms with Crippen LogP contribution in [0.15, 0.2) is 27.9 Å². The van der Waals surface area contributed by atoms with E-state index in [1.54, 1.807) is 0 Å². The first-order valence-electron chi connectivity index (χ1n) is 4.55. The molecule has 96 valence electrons. The molecule has 0 aliphatic carbocycles. The summed E-state index contributed by atoms with van der Waals surface area (Å²) in [5, 5.41) is 3.32. The van der Waals surface area contributed by atoms with E-state index in [0.29, 0.717) is 6.07 Å². The van der Waals surface area contributed by atoms with Crippen molar-refractivity contribution >= 4 is 10.1 Å². The zero-order chi connectivity index (χ0) is 13.3. The number of benzene rings is 1. The summed E-state index contributed by atoms with van der Waals surface area (Å²) >= 11 is 0. The van der Waals surface area contributed by atoms with E-state index in [0.717, 1.165) is 12.4 Å². The van der Waals surface area contributed by atoms with Gasteiger partial charge in [-0.2, -0.15) is 13.4 Å². The minimum absolute atomic E-state index is 0.0670. The zero-order valence-corrected chi connectivity index (χ0v) is 9.81. The van der Waals surface area contributed by atoms with Crippen LogP contribution in [-0.4, -0.2) is 30.2 Å². The predicted molar refractivity (Wildman–Crippen MR) is 56.1 cm³/mol. The summed E-state index contributed by atoms with van der Waals surface area (Å²) in [6.45, 7) is 0. The van der Waals surface area contributed by atoms with E-state index >= 15 is 0 Å². The molecule has 2 aromatic rings. The Balaban J connectivity index is 2.74. The van der Waals surface area contributed by atoms with Crippen LogP contribution in [-0.2, 0) is 10.1 Å². The Labute approximate surface area is 101 Å². The van der Waals surface area contributed by atoms with Gasteiger partial charge in [-0.3, -0.25) is 4.55 Å². The van der Waals surface area contributed by atoms with Crippen molar-refractivity contribution in [2.75, 3.05) is 7.11 Å². The van der Waals surface area contributed by atoms with Crippen LogP contribution in [0.1, 0.15) is 0 Å². The first-order chi connectivity index (χ1) is 8.43. The van der Waals surface area contributed by atoms with E-state index in [1.165, 1.54) is 7.11 Å². The lowest BCUT2D eigenvalue weighted by molar-refractivity contribution is 0.380. The highest BCUT2D eigenvalue weighted by atomic mass is 32.2. The number of aromatic nitrogens is 2. The number of hydrogen-bond donors (Lipinski definition) is 1. The van der Waals surface area contributed by atoms with Gasteiger partial charge in [0, 0.05) is 0 Å². The van der Waals surface area contributed by atoms with Crippen LogP contribution >= 0.6 is 0 Å². The van der Waals surface area contributed by atoms with Crippen molar-refractivity contribution < 1.29 is 26.6 Å². The number of methoxy groups -OCH3 is 1. The Kier molecular flexibility index (Phi) is 3.01. The fourth-order valence-electron chi connectivity index (χ4n) is 1.38. The van der Waals surface area contributed by atoms with Crippen LogP contribution in [0.2, 0.25) is 0 Å². The van der Waals surface area contributed by atoms with Crippen LogP contribution in [0.4, 0.5) is 4.39 Å². The van der Waals surface area contributed by atoms with Crippen LogP contribution < -0.4 is 4.74 Å². The van der Waals surface area contributed by atoms with Crippen molar-refractivity contribution in [2.24, 2.45) is 0 Å². The van der Waals surface area contributed by atoms with Gasteiger partial charge in [-0.25, -0.2) is 4.39 Å². The fraction of sp³-hybridized carbons (Fsp3) is 0.111. The highest BCUT2D eigenvalue weighted by Gasteiger charge is 2.21. The molecular formula is C9H7FN2O5S. The summed E-state index contributed by atoms with van der Waals surface area (Å²) in [5.74, 6) is -1.36. The Morgan fingerprint density at radius 2 is 2.17 bits per heavy atom. The molecule has 0 bridgehead atoms. The van der Waals surface area contributed by atoms with Crippen molar-refractivity contribution in [1.29, 1.82) is 0 Å². The minimum Gasteiger partial charge on any atom is -0.493 e. The zero-order valence-electron chi connectivity index (χ0n) is 8.99. The Morgan fingerprint density at radius 3 is 2.67 bits per heavy atom. The third-order valence-electron chi connectivity index (χ3n) is 2.11. The van der Waals surface area contributed by atoms with Gasteiger partial charge in [0.2, 0.25) is 0 Å². The van der Waals surface area contributed by atoms with E-state index in [9.17, 15) is 12.8 Å². The maximum absolute atomic E-state index is 13.6. The van der Waals surface area contributed by atoms with Crippen LogP contribution in [0.5, 0.6) is 5.75 Å². The normalized spacial score (nSPS) is 11.5. The number of rotatable bonds is 3. The molecule has 1 heterocycles. The second kappa shape index (κ2) is 4.35.